The number of phenolic OH excluding ortho intramolecular Hbond substituents is 1. The van der Waals surface area contributed by atoms with Gasteiger partial charge in [-0.05, 0) is 138 Å². The molecule has 10 rings (SSSR count). The average molecular weight is 1060 g/mol. The van der Waals surface area contributed by atoms with Gasteiger partial charge in [-0.2, -0.15) is 20.0 Å². The van der Waals surface area contributed by atoms with E-state index < -0.39 is 11.4 Å². The van der Waals surface area contributed by atoms with Crippen LogP contribution in [0.25, 0.3) is 20.4 Å². The van der Waals surface area contributed by atoms with E-state index in [1.807, 2.05) is 44.2 Å². The summed E-state index contributed by atoms with van der Waals surface area (Å²) in [4.78, 5) is 31.2. The topological polar surface area (TPSA) is 151 Å². The summed E-state index contributed by atoms with van der Waals surface area (Å²) in [6, 6.07) is 18.5. The van der Waals surface area contributed by atoms with Gasteiger partial charge in [0.1, 0.15) is 40.5 Å². The summed E-state index contributed by atoms with van der Waals surface area (Å²) < 4.78 is 32.3. The molecule has 18 heteroatoms. The first-order chi connectivity index (χ1) is 29.4. The molecule has 3 atom stereocenters. The van der Waals surface area contributed by atoms with Gasteiger partial charge in [-0.15, -0.1) is 0 Å². The van der Waals surface area contributed by atoms with Crippen molar-refractivity contribution in [1.82, 2.24) is 9.97 Å². The molecule has 6 aromatic rings. The number of aromatic hydroxyl groups is 1. The predicted octanol–water partition coefficient (Wildman–Crippen LogP) is 12.1. The molecule has 0 saturated carbocycles. The van der Waals surface area contributed by atoms with Gasteiger partial charge in [0.05, 0.1) is 20.4 Å². The molecule has 0 fully saturated rings. The molecule has 3 unspecified atom stereocenters. The van der Waals surface area contributed by atoms with Crippen molar-refractivity contribution in [3.05, 3.63) is 78.7 Å². The molecule has 1 N–H and O–H groups in total. The van der Waals surface area contributed by atoms with E-state index in [4.69, 9.17) is 4.18 Å². The van der Waals surface area contributed by atoms with Crippen LogP contribution in [0, 0.1) is 13.8 Å². The number of thiazole rings is 2. The molecular formula is C44H41Br2N8NiO4S3-. The summed E-state index contributed by atoms with van der Waals surface area (Å²) in [5, 5.41) is 12.0. The Labute approximate surface area is 397 Å². The Kier molecular flexibility index (Phi) is 13.5. The van der Waals surface area contributed by atoms with E-state index in [1.54, 1.807) is 0 Å². The number of aryl methyl sites for hydroxylation is 4. The standard InChI is InChI=1S/C22H21BrN4O3S2.C22H21BrN4OS.Ni/c1-12-8-17-19(10-16(12)23)31-22(26-17)25-11-24-18-9-14-6-5-13(2)27-7-3-4-15(20(14)27)21(18)30-32(28)29;1-12-8-17-19(10-16(12)23)29-22(26-17)25-11-24-18-9-14-6-5-13(2)27-7-3-4-15(20(14)27)21(18)28;/h8-10,13H,3-7H2,1-2H3,(H,28,29);8-10,13,28H,3-7H2,1-2H3;/p-1. The van der Waals surface area contributed by atoms with Gasteiger partial charge in [0.25, 0.3) is 0 Å². The molecule has 0 aliphatic carbocycles. The number of fused-ring (bicyclic) bond motifs is 2. The van der Waals surface area contributed by atoms with Crippen molar-refractivity contribution >= 4 is 131 Å². The monoisotopic (exact) mass is 1060 g/mol. The van der Waals surface area contributed by atoms with Crippen LogP contribution in [0.15, 0.2) is 65.3 Å². The van der Waals surface area contributed by atoms with Crippen LogP contribution in [0.4, 0.5) is 33.0 Å². The fourth-order valence-corrected chi connectivity index (χ4v) is 11.8. The van der Waals surface area contributed by atoms with Crippen molar-refractivity contribution in [1.29, 1.82) is 0 Å². The van der Waals surface area contributed by atoms with Crippen LogP contribution < -0.4 is 14.0 Å². The fraction of sp³-hybridized carbons (Fsp3) is 0.364. The third kappa shape index (κ3) is 8.96. The van der Waals surface area contributed by atoms with Gasteiger partial charge in [0, 0.05) is 73.1 Å². The first-order valence-corrected chi connectivity index (χ1v) is 24.5. The van der Waals surface area contributed by atoms with E-state index in [1.165, 1.54) is 39.5 Å². The number of halogens is 2. The first kappa shape index (κ1) is 44.8. The molecule has 0 saturated heterocycles. The van der Waals surface area contributed by atoms with Gasteiger partial charge in [-0.3, -0.25) is 0 Å². The van der Waals surface area contributed by atoms with Crippen molar-refractivity contribution in [3.63, 3.8) is 0 Å². The van der Waals surface area contributed by atoms with Crippen LogP contribution >= 0.6 is 54.5 Å². The molecular weight excluding hydrogens is 1020 g/mol. The number of benzene rings is 4. The quantitative estimate of drug-likeness (QED) is 0.0983. The number of hydrogen-bond acceptors (Lipinski definition) is 14. The van der Waals surface area contributed by atoms with E-state index in [2.05, 4.69) is 104 Å². The molecule has 6 heterocycles. The molecule has 0 spiro atoms. The Morgan fingerprint density at radius 1 is 0.758 bits per heavy atom. The molecule has 0 amide bonds. The summed E-state index contributed by atoms with van der Waals surface area (Å²) in [5.41, 5.74) is 11.7. The molecule has 324 valence electrons. The smallest absolute Gasteiger partial charge is 0.220 e. The average Bonchev–Trinajstić information content (AvgIpc) is 3.82. The van der Waals surface area contributed by atoms with Crippen LogP contribution in [0.5, 0.6) is 11.5 Å². The molecule has 0 bridgehead atoms. The molecule has 0 radical (unpaired) electrons. The number of nitrogens with zero attached hydrogens (tertiary/aromatic N) is 8. The van der Waals surface area contributed by atoms with E-state index in [0.717, 1.165) is 122 Å². The van der Waals surface area contributed by atoms with Gasteiger partial charge in [-0.25, -0.2) is 14.2 Å². The van der Waals surface area contributed by atoms with Crippen LogP contribution in [-0.4, -0.2) is 61.0 Å². The van der Waals surface area contributed by atoms with Crippen LogP contribution in [0.3, 0.4) is 0 Å². The Bertz CT molecular complexity index is 2830. The largest absolute Gasteiger partial charge is 0.740 e. The van der Waals surface area contributed by atoms with E-state index >= 15 is 0 Å². The molecule has 62 heavy (non-hydrogen) atoms. The molecule has 4 aliphatic rings. The van der Waals surface area contributed by atoms with Crippen LogP contribution in [0.2, 0.25) is 0 Å². The van der Waals surface area contributed by atoms with Gasteiger partial charge < -0.3 is 23.6 Å². The summed E-state index contributed by atoms with van der Waals surface area (Å²) in [7, 11) is 0. The minimum atomic E-state index is -2.69. The van der Waals surface area contributed by atoms with E-state index in [0.29, 0.717) is 33.7 Å². The molecule has 12 nitrogen and oxygen atoms in total. The molecule has 4 aliphatic heterocycles. The van der Waals surface area contributed by atoms with Crippen molar-refractivity contribution in [2.75, 3.05) is 22.9 Å². The van der Waals surface area contributed by atoms with Gasteiger partial charge in [0.15, 0.2) is 5.75 Å². The zero-order valence-corrected chi connectivity index (χ0v) is 40.8. The van der Waals surface area contributed by atoms with Crippen molar-refractivity contribution in [3.8, 4) is 11.5 Å². The summed E-state index contributed by atoms with van der Waals surface area (Å²) in [6.45, 7) is 10.6. The zero-order chi connectivity index (χ0) is 42.5. The maximum atomic E-state index is 11.4. The Balaban J connectivity index is 0.000000169. The van der Waals surface area contributed by atoms with Gasteiger partial charge >= 0.3 is 0 Å². The normalized spacial score (nSPS) is 17.7. The second kappa shape index (κ2) is 18.7. The van der Waals surface area contributed by atoms with Crippen LogP contribution in [0.1, 0.15) is 72.9 Å². The summed E-state index contributed by atoms with van der Waals surface area (Å²) in [5.74, 6) is 0.552. The van der Waals surface area contributed by atoms with Crippen molar-refractivity contribution in [2.45, 2.75) is 91.1 Å². The number of rotatable bonds is 6. The van der Waals surface area contributed by atoms with Gasteiger partial charge in [0.2, 0.25) is 10.3 Å². The van der Waals surface area contributed by atoms with E-state index in [-0.39, 0.29) is 28.0 Å². The minimum Gasteiger partial charge on any atom is -0.740 e. The van der Waals surface area contributed by atoms with Crippen molar-refractivity contribution < 1.29 is 34.5 Å². The molecule has 2 aromatic heterocycles. The van der Waals surface area contributed by atoms with Gasteiger partial charge in [-0.1, -0.05) is 54.5 Å². The second-order valence-corrected chi connectivity index (χ2v) is 20.2. The maximum Gasteiger partial charge on any atom is 0.220 e. The number of aliphatic imine (C=N–C) groups is 4. The maximum absolute atomic E-state index is 11.4. The third-order valence-corrected chi connectivity index (χ3v) is 15.7. The Hall–Kier alpha value is -3.82. The first-order valence-electron chi connectivity index (χ1n) is 20.3. The number of aromatic nitrogens is 2. The fourth-order valence-electron chi connectivity index (χ4n) is 8.83. The number of anilines is 2. The van der Waals surface area contributed by atoms with E-state index in [9.17, 15) is 13.9 Å². The third-order valence-electron chi connectivity index (χ3n) is 11.9. The van der Waals surface area contributed by atoms with Crippen LogP contribution in [-0.2, 0) is 53.5 Å². The zero-order valence-electron chi connectivity index (χ0n) is 34.2. The molecule has 4 aromatic carbocycles. The number of hydrogen-bond donors (Lipinski definition) is 1. The van der Waals surface area contributed by atoms with Crippen molar-refractivity contribution in [2.24, 2.45) is 20.0 Å². The summed E-state index contributed by atoms with van der Waals surface area (Å²) in [6.07, 6.45) is 7.78. The Morgan fingerprint density at radius 2 is 1.24 bits per heavy atom. The minimum absolute atomic E-state index is 0. The Morgan fingerprint density at radius 3 is 1.77 bits per heavy atom. The SMILES string of the molecule is Cc1cc2nc(N=C=Nc3cc4c5c(c3O)CCCN5C(C)CC4)sc2cc1Br.Cc1cc2nc(N=C=Nc3cc4c5c(c3OS(=O)[O-])CCCN5C(C)CC4)sc2cc1Br.[Ni]. The second-order valence-electron chi connectivity index (χ2n) is 15.9. The predicted molar refractivity (Wildman–Crippen MR) is 253 cm³/mol. The number of phenols is 1. The summed E-state index contributed by atoms with van der Waals surface area (Å²) >= 11 is 7.34.